The molecule has 0 unspecified atom stereocenters. The lowest BCUT2D eigenvalue weighted by Crippen LogP contribution is -3.00. The number of quaternary nitrogens is 1. The fourth-order valence-corrected chi connectivity index (χ4v) is 0.365. The van der Waals surface area contributed by atoms with Crippen LogP contribution in [0.25, 0.3) is 0 Å². The summed E-state index contributed by atoms with van der Waals surface area (Å²) in [5.74, 6) is 0. The number of hydrogen-bond donors (Lipinski definition) is 0. The molecule has 2 nitrogen and oxygen atoms in total. The van der Waals surface area contributed by atoms with Gasteiger partial charge in [-0.2, -0.15) is 0 Å². The fourth-order valence-electron chi connectivity index (χ4n) is 0.365. The molecule has 0 heterocycles. The maximum atomic E-state index is 4.90. The third-order valence-corrected chi connectivity index (χ3v) is 0.966. The van der Waals surface area contributed by atoms with Crippen LogP contribution < -0.4 is 12.4 Å². The van der Waals surface area contributed by atoms with Crippen molar-refractivity contribution in [2.24, 2.45) is 0 Å². The molecule has 0 aliphatic carbocycles. The van der Waals surface area contributed by atoms with Gasteiger partial charge in [0.2, 0.25) is 0 Å². The number of halogens is 1. The van der Waals surface area contributed by atoms with Crippen LogP contribution in [0.5, 0.6) is 0 Å². The van der Waals surface area contributed by atoms with Crippen molar-refractivity contribution in [1.82, 2.24) is 0 Å². The van der Waals surface area contributed by atoms with Gasteiger partial charge in [0.25, 0.3) is 0 Å². The third kappa shape index (κ3) is 11.7. The first-order valence-corrected chi connectivity index (χ1v) is 2.85. The molecule has 0 fully saturated rings. The van der Waals surface area contributed by atoms with Crippen molar-refractivity contribution in [3.05, 3.63) is 0 Å². The predicted molar refractivity (Wildman–Crippen MR) is 34.8 cm³/mol. The average Bonchev–Trinajstić information content (AvgIpc) is 1.59. The third-order valence-electron chi connectivity index (χ3n) is 0.966. The monoisotopic (exact) mass is 153 g/mol. The van der Waals surface area contributed by atoms with E-state index in [0.717, 1.165) is 17.6 Å². The molecule has 3 heteroatoms. The van der Waals surface area contributed by atoms with Gasteiger partial charge in [0.1, 0.15) is 6.54 Å². The second-order valence-corrected chi connectivity index (χ2v) is 3.01. The van der Waals surface area contributed by atoms with Crippen LogP contribution in [0.4, 0.5) is 0 Å². The summed E-state index contributed by atoms with van der Waals surface area (Å²) in [5.41, 5.74) is 0. The lowest BCUT2D eigenvalue weighted by atomic mass is 10.5. The molecule has 0 saturated carbocycles. The van der Waals surface area contributed by atoms with Gasteiger partial charge in [-0.3, -0.25) is 0 Å². The molecule has 0 aliphatic heterocycles. The van der Waals surface area contributed by atoms with Crippen LogP contribution in [0.2, 0.25) is 0 Å². The molecule has 58 valence electrons. The predicted octanol–water partition coefficient (Wildman–Crippen LogP) is -2.66. The van der Waals surface area contributed by atoms with E-state index < -0.39 is 0 Å². The van der Waals surface area contributed by atoms with Gasteiger partial charge in [0.15, 0.2) is 0 Å². The highest BCUT2D eigenvalue weighted by Gasteiger charge is 2.03. The highest BCUT2D eigenvalue weighted by Crippen LogP contribution is 1.87. The molecular formula is C6H16ClNO. The van der Waals surface area contributed by atoms with E-state index in [2.05, 4.69) is 21.1 Å². The van der Waals surface area contributed by atoms with E-state index in [4.69, 9.17) is 4.74 Å². The summed E-state index contributed by atoms with van der Waals surface area (Å²) in [4.78, 5) is 0. The van der Waals surface area contributed by atoms with E-state index in [0.29, 0.717) is 0 Å². The summed E-state index contributed by atoms with van der Waals surface area (Å²) in [6, 6.07) is 0. The smallest absolute Gasteiger partial charge is 0.102 e. The van der Waals surface area contributed by atoms with Crippen molar-refractivity contribution >= 4 is 0 Å². The van der Waals surface area contributed by atoms with E-state index in [-0.39, 0.29) is 12.4 Å². The van der Waals surface area contributed by atoms with E-state index in [9.17, 15) is 0 Å². The van der Waals surface area contributed by atoms with Crippen molar-refractivity contribution in [1.29, 1.82) is 0 Å². The zero-order valence-corrected chi connectivity index (χ0v) is 7.40. The van der Waals surface area contributed by atoms with Crippen LogP contribution >= 0.6 is 0 Å². The Bertz CT molecular complexity index is 60.6. The quantitative estimate of drug-likeness (QED) is 0.403. The Morgan fingerprint density at radius 1 is 1.22 bits per heavy atom. The van der Waals surface area contributed by atoms with Gasteiger partial charge in [-0.15, -0.1) is 0 Å². The fraction of sp³-hybridized carbons (Fsp3) is 1.00. The van der Waals surface area contributed by atoms with Crippen LogP contribution in [-0.4, -0.2) is 45.9 Å². The summed E-state index contributed by atoms with van der Waals surface area (Å²) < 4.78 is 5.88. The first kappa shape index (κ1) is 11.9. The Morgan fingerprint density at radius 3 is 1.78 bits per heavy atom. The minimum atomic E-state index is 0. The van der Waals surface area contributed by atoms with Gasteiger partial charge < -0.3 is 21.6 Å². The topological polar surface area (TPSA) is 9.23 Å². The molecule has 0 N–H and O–H groups in total. The molecule has 0 atom stereocenters. The Labute approximate surface area is 63.8 Å². The maximum absolute atomic E-state index is 4.90. The highest BCUT2D eigenvalue weighted by atomic mass is 35.5. The van der Waals surface area contributed by atoms with E-state index in [1.807, 2.05) is 0 Å². The molecule has 0 saturated heterocycles. The van der Waals surface area contributed by atoms with Crippen LogP contribution in [0.1, 0.15) is 0 Å². The summed E-state index contributed by atoms with van der Waals surface area (Å²) in [6.07, 6.45) is 0. The Balaban J connectivity index is 0. The number of likely N-dealkylation sites (N-methyl/N-ethyl adjacent to an activating group) is 1. The van der Waals surface area contributed by atoms with E-state index in [1.54, 1.807) is 7.11 Å². The molecule has 0 amide bonds. The van der Waals surface area contributed by atoms with Crippen molar-refractivity contribution < 1.29 is 21.6 Å². The van der Waals surface area contributed by atoms with Crippen molar-refractivity contribution in [2.75, 3.05) is 41.4 Å². The van der Waals surface area contributed by atoms with E-state index >= 15 is 0 Å². The van der Waals surface area contributed by atoms with Gasteiger partial charge >= 0.3 is 0 Å². The molecule has 0 spiro atoms. The van der Waals surface area contributed by atoms with Gasteiger partial charge in [-0.25, -0.2) is 0 Å². The summed E-state index contributed by atoms with van der Waals surface area (Å²) in [6.45, 7) is 1.93. The highest BCUT2D eigenvalue weighted by molar-refractivity contribution is 4.22. The minimum Gasteiger partial charge on any atom is -1.00 e. The Morgan fingerprint density at radius 2 is 1.67 bits per heavy atom. The standard InChI is InChI=1S/C6H16NO.ClH/c1-7(2,3)5-6-8-4;/h5-6H2,1-4H3;1H/q+1;/p-1. The van der Waals surface area contributed by atoms with Crippen molar-refractivity contribution in [2.45, 2.75) is 0 Å². The minimum absolute atomic E-state index is 0. The summed E-state index contributed by atoms with van der Waals surface area (Å²) >= 11 is 0. The zero-order valence-electron chi connectivity index (χ0n) is 6.65. The summed E-state index contributed by atoms with van der Waals surface area (Å²) in [7, 11) is 8.19. The Hall–Kier alpha value is 0.210. The lowest BCUT2D eigenvalue weighted by molar-refractivity contribution is -0.870. The lowest BCUT2D eigenvalue weighted by Gasteiger charge is -2.22. The van der Waals surface area contributed by atoms with Crippen molar-refractivity contribution in [3.63, 3.8) is 0 Å². The molecule has 9 heavy (non-hydrogen) atoms. The SMILES string of the molecule is COCC[N+](C)(C)C.[Cl-]. The summed E-state index contributed by atoms with van der Waals surface area (Å²) in [5, 5.41) is 0. The van der Waals surface area contributed by atoms with Crippen LogP contribution in [0.3, 0.4) is 0 Å². The maximum Gasteiger partial charge on any atom is 0.102 e. The molecular weight excluding hydrogens is 138 g/mol. The molecule has 0 bridgehead atoms. The molecule has 0 aromatic heterocycles. The number of nitrogens with zero attached hydrogens (tertiary/aromatic N) is 1. The van der Waals surface area contributed by atoms with Gasteiger partial charge in [-0.05, 0) is 0 Å². The first-order valence-electron chi connectivity index (χ1n) is 2.85. The largest absolute Gasteiger partial charge is 1.00 e. The van der Waals surface area contributed by atoms with E-state index in [1.165, 1.54) is 0 Å². The molecule has 0 radical (unpaired) electrons. The normalized spacial score (nSPS) is 10.7. The zero-order chi connectivity index (χ0) is 6.62. The van der Waals surface area contributed by atoms with Crippen LogP contribution in [0, 0.1) is 0 Å². The number of ether oxygens (including phenoxy) is 1. The second-order valence-electron chi connectivity index (χ2n) is 3.01. The average molecular weight is 154 g/mol. The number of rotatable bonds is 3. The molecule has 0 aromatic rings. The number of methoxy groups -OCH3 is 1. The Kier molecular flexibility index (Phi) is 6.68. The van der Waals surface area contributed by atoms with Crippen molar-refractivity contribution in [3.8, 4) is 0 Å². The van der Waals surface area contributed by atoms with Gasteiger partial charge in [-0.1, -0.05) is 0 Å². The molecule has 0 rings (SSSR count). The van der Waals surface area contributed by atoms with Gasteiger partial charge in [0.05, 0.1) is 27.7 Å². The molecule has 0 aliphatic rings. The molecule has 0 aromatic carbocycles. The first-order chi connectivity index (χ1) is 3.56. The van der Waals surface area contributed by atoms with Crippen LogP contribution in [-0.2, 0) is 4.74 Å². The van der Waals surface area contributed by atoms with Crippen LogP contribution in [0.15, 0.2) is 0 Å². The number of hydrogen-bond acceptors (Lipinski definition) is 1. The van der Waals surface area contributed by atoms with Gasteiger partial charge in [0, 0.05) is 7.11 Å². The second kappa shape index (κ2) is 5.03.